The third kappa shape index (κ3) is 4.84. The van der Waals surface area contributed by atoms with Gasteiger partial charge in [-0.25, -0.2) is 0 Å². The number of ether oxygens (including phenoxy) is 1. The van der Waals surface area contributed by atoms with E-state index in [9.17, 15) is 9.59 Å². The van der Waals surface area contributed by atoms with E-state index in [1.165, 1.54) is 6.92 Å². The van der Waals surface area contributed by atoms with Gasteiger partial charge >= 0.3 is 0 Å². The molecule has 2 rings (SSSR count). The summed E-state index contributed by atoms with van der Waals surface area (Å²) in [4.78, 5) is 23.5. The number of amides is 2. The van der Waals surface area contributed by atoms with Crippen molar-refractivity contribution in [2.24, 2.45) is 0 Å². The third-order valence-electron chi connectivity index (χ3n) is 3.24. The third-order valence-corrected chi connectivity index (χ3v) is 3.24. The van der Waals surface area contributed by atoms with Crippen LogP contribution in [0.15, 0.2) is 42.5 Å². The zero-order valence-electron chi connectivity index (χ0n) is 14.3. The molecule has 0 heterocycles. The van der Waals surface area contributed by atoms with Crippen LogP contribution in [0, 0.1) is 6.92 Å². The fraction of sp³-hybridized carbons (Fsp3) is 0.263. The predicted octanol–water partition coefficient (Wildman–Crippen LogP) is 3.99. The van der Waals surface area contributed by atoms with Crippen molar-refractivity contribution in [3.63, 3.8) is 0 Å². The molecule has 0 aliphatic rings. The van der Waals surface area contributed by atoms with Gasteiger partial charge in [0.05, 0.1) is 6.10 Å². The molecule has 0 fully saturated rings. The second-order valence-corrected chi connectivity index (χ2v) is 5.86. The molecule has 2 amide bonds. The van der Waals surface area contributed by atoms with Crippen molar-refractivity contribution in [1.29, 1.82) is 0 Å². The highest BCUT2D eigenvalue weighted by Gasteiger charge is 2.10. The van der Waals surface area contributed by atoms with Crippen molar-refractivity contribution in [3.05, 3.63) is 53.6 Å². The lowest BCUT2D eigenvalue weighted by Gasteiger charge is -2.13. The maximum atomic E-state index is 12.4. The summed E-state index contributed by atoms with van der Waals surface area (Å²) in [7, 11) is 0. The summed E-state index contributed by atoms with van der Waals surface area (Å²) >= 11 is 0. The Morgan fingerprint density at radius 1 is 1.00 bits per heavy atom. The number of nitrogens with one attached hydrogen (secondary N) is 2. The second-order valence-electron chi connectivity index (χ2n) is 5.86. The number of anilines is 2. The van der Waals surface area contributed by atoms with Crippen molar-refractivity contribution in [2.45, 2.75) is 33.8 Å². The first-order chi connectivity index (χ1) is 11.3. The summed E-state index contributed by atoms with van der Waals surface area (Å²) < 4.78 is 5.68. The highest BCUT2D eigenvalue weighted by molar-refractivity contribution is 6.04. The molecule has 24 heavy (non-hydrogen) atoms. The molecule has 0 aliphatic carbocycles. The summed E-state index contributed by atoms with van der Waals surface area (Å²) in [5.74, 6) is 0.401. The van der Waals surface area contributed by atoms with Gasteiger partial charge in [0.25, 0.3) is 5.91 Å². The van der Waals surface area contributed by atoms with Gasteiger partial charge in [-0.3, -0.25) is 9.59 Å². The molecule has 0 saturated carbocycles. The van der Waals surface area contributed by atoms with Crippen LogP contribution in [-0.2, 0) is 4.79 Å². The summed E-state index contributed by atoms with van der Waals surface area (Å²) in [6, 6.07) is 12.3. The lowest BCUT2D eigenvalue weighted by molar-refractivity contribution is -0.114. The Hall–Kier alpha value is -2.82. The van der Waals surface area contributed by atoms with E-state index in [4.69, 9.17) is 4.74 Å². The summed E-state index contributed by atoms with van der Waals surface area (Å²) in [6.45, 7) is 7.27. The number of carbonyl (C=O) groups excluding carboxylic acids is 2. The molecular formula is C19H22N2O3. The molecule has 2 N–H and O–H groups in total. The van der Waals surface area contributed by atoms with Crippen molar-refractivity contribution < 1.29 is 14.3 Å². The Bertz CT molecular complexity index is 754. The SMILES string of the molecule is CC(=O)Nc1cccc(NC(=O)c2ccc(OC(C)C)c(C)c2)c1. The van der Waals surface area contributed by atoms with Gasteiger partial charge in [0.2, 0.25) is 5.91 Å². The first kappa shape index (κ1) is 17.5. The summed E-state index contributed by atoms with van der Waals surface area (Å²) in [6.07, 6.45) is 0.0832. The Kier molecular flexibility index (Phi) is 5.58. The first-order valence-corrected chi connectivity index (χ1v) is 7.81. The number of aryl methyl sites for hydroxylation is 1. The van der Waals surface area contributed by atoms with Crippen molar-refractivity contribution in [3.8, 4) is 5.75 Å². The van der Waals surface area contributed by atoms with Crippen LogP contribution in [0.1, 0.15) is 36.7 Å². The van der Waals surface area contributed by atoms with E-state index >= 15 is 0 Å². The van der Waals surface area contributed by atoms with Gasteiger partial charge in [0, 0.05) is 23.9 Å². The molecule has 0 bridgehead atoms. The normalized spacial score (nSPS) is 10.4. The van der Waals surface area contributed by atoms with E-state index < -0.39 is 0 Å². The van der Waals surface area contributed by atoms with Gasteiger partial charge in [-0.05, 0) is 62.7 Å². The highest BCUT2D eigenvalue weighted by atomic mass is 16.5. The molecule has 5 heteroatoms. The fourth-order valence-electron chi connectivity index (χ4n) is 2.26. The molecule has 0 saturated heterocycles. The molecular weight excluding hydrogens is 304 g/mol. The topological polar surface area (TPSA) is 67.4 Å². The Balaban J connectivity index is 2.12. The highest BCUT2D eigenvalue weighted by Crippen LogP contribution is 2.22. The van der Waals surface area contributed by atoms with Crippen molar-refractivity contribution in [1.82, 2.24) is 0 Å². The average molecular weight is 326 g/mol. The molecule has 126 valence electrons. The molecule has 0 aromatic heterocycles. The van der Waals surface area contributed by atoms with Crippen LogP contribution < -0.4 is 15.4 Å². The number of hydrogen-bond donors (Lipinski definition) is 2. The van der Waals surface area contributed by atoms with Crippen LogP contribution in [0.4, 0.5) is 11.4 Å². The largest absolute Gasteiger partial charge is 0.491 e. The molecule has 0 spiro atoms. The van der Waals surface area contributed by atoms with Gasteiger partial charge in [0.15, 0.2) is 0 Å². The Labute approximate surface area is 142 Å². The Morgan fingerprint density at radius 3 is 2.25 bits per heavy atom. The maximum absolute atomic E-state index is 12.4. The molecule has 0 aliphatic heterocycles. The van der Waals surface area contributed by atoms with Crippen LogP contribution in [0.5, 0.6) is 5.75 Å². The Morgan fingerprint density at radius 2 is 1.67 bits per heavy atom. The van der Waals surface area contributed by atoms with E-state index in [2.05, 4.69) is 10.6 Å². The monoisotopic (exact) mass is 326 g/mol. The molecule has 0 atom stereocenters. The van der Waals surface area contributed by atoms with Crippen molar-refractivity contribution in [2.75, 3.05) is 10.6 Å². The van der Waals surface area contributed by atoms with Crippen LogP contribution in [0.25, 0.3) is 0 Å². The van der Waals surface area contributed by atoms with Gasteiger partial charge in [0.1, 0.15) is 5.75 Å². The lowest BCUT2D eigenvalue weighted by atomic mass is 10.1. The summed E-state index contributed by atoms with van der Waals surface area (Å²) in [5.41, 5.74) is 2.71. The van der Waals surface area contributed by atoms with Crippen LogP contribution in [-0.4, -0.2) is 17.9 Å². The second kappa shape index (κ2) is 7.64. The van der Waals surface area contributed by atoms with E-state index in [-0.39, 0.29) is 17.9 Å². The fourth-order valence-corrected chi connectivity index (χ4v) is 2.26. The van der Waals surface area contributed by atoms with E-state index in [0.717, 1.165) is 11.3 Å². The number of rotatable bonds is 5. The minimum atomic E-state index is -0.214. The minimum absolute atomic E-state index is 0.0832. The standard InChI is InChI=1S/C19H22N2O3/c1-12(2)24-18-9-8-15(10-13(18)3)19(23)21-17-7-5-6-16(11-17)20-14(4)22/h5-12H,1-4H3,(H,20,22)(H,21,23). The maximum Gasteiger partial charge on any atom is 0.255 e. The van der Waals surface area contributed by atoms with Crippen LogP contribution >= 0.6 is 0 Å². The summed E-state index contributed by atoms with van der Waals surface area (Å²) in [5, 5.41) is 5.51. The van der Waals surface area contributed by atoms with Gasteiger partial charge < -0.3 is 15.4 Å². The average Bonchev–Trinajstić information content (AvgIpc) is 2.48. The molecule has 0 radical (unpaired) electrons. The van der Waals surface area contributed by atoms with E-state index in [1.807, 2.05) is 20.8 Å². The van der Waals surface area contributed by atoms with Crippen LogP contribution in [0.3, 0.4) is 0 Å². The van der Waals surface area contributed by atoms with Crippen LogP contribution in [0.2, 0.25) is 0 Å². The molecule has 0 unspecified atom stereocenters. The van der Waals surface area contributed by atoms with Gasteiger partial charge in [-0.1, -0.05) is 6.07 Å². The first-order valence-electron chi connectivity index (χ1n) is 7.81. The molecule has 5 nitrogen and oxygen atoms in total. The van der Waals surface area contributed by atoms with E-state index in [1.54, 1.807) is 42.5 Å². The lowest BCUT2D eigenvalue weighted by Crippen LogP contribution is -2.13. The van der Waals surface area contributed by atoms with Gasteiger partial charge in [-0.2, -0.15) is 0 Å². The zero-order valence-corrected chi connectivity index (χ0v) is 14.3. The quantitative estimate of drug-likeness (QED) is 0.873. The number of hydrogen-bond acceptors (Lipinski definition) is 3. The minimum Gasteiger partial charge on any atom is -0.491 e. The molecule has 2 aromatic carbocycles. The smallest absolute Gasteiger partial charge is 0.255 e. The van der Waals surface area contributed by atoms with E-state index in [0.29, 0.717) is 16.9 Å². The van der Waals surface area contributed by atoms with Crippen molar-refractivity contribution >= 4 is 23.2 Å². The number of benzene rings is 2. The zero-order chi connectivity index (χ0) is 17.7. The predicted molar refractivity (Wildman–Crippen MR) is 95.6 cm³/mol. The van der Waals surface area contributed by atoms with Gasteiger partial charge in [-0.15, -0.1) is 0 Å². The number of carbonyl (C=O) groups is 2. The molecule has 2 aromatic rings.